The van der Waals surface area contributed by atoms with Crippen LogP contribution in [0.15, 0.2) is 199 Å². The molecule has 262 valence electrons. The number of hydrogen-bond donors (Lipinski definition) is 0. The molecule has 8 aromatic carbocycles. The van der Waals surface area contributed by atoms with Crippen LogP contribution in [-0.2, 0) is 0 Å². The van der Waals surface area contributed by atoms with Crippen LogP contribution >= 0.6 is 11.3 Å². The van der Waals surface area contributed by atoms with Crippen LogP contribution in [0.2, 0.25) is 0 Å². The highest BCUT2D eigenvalue weighted by molar-refractivity contribution is 7.25. The third-order valence-corrected chi connectivity index (χ3v) is 11.9. The minimum absolute atomic E-state index is 0.677. The summed E-state index contributed by atoms with van der Waals surface area (Å²) in [5, 5.41) is 4.82. The van der Waals surface area contributed by atoms with Gasteiger partial charge in [0, 0.05) is 53.2 Å². The molecule has 3 nitrogen and oxygen atoms in total. The number of rotatable bonds is 6. The van der Waals surface area contributed by atoms with Gasteiger partial charge in [-0.05, 0) is 64.2 Å². The summed E-state index contributed by atoms with van der Waals surface area (Å²) < 4.78 is 9.32. The van der Waals surface area contributed by atoms with E-state index < -0.39 is 0 Å². The lowest BCUT2D eigenvalue weighted by Crippen LogP contribution is -1.97. The molecule has 0 fully saturated rings. The predicted molar refractivity (Wildman–Crippen MR) is 235 cm³/mol. The number of hydrogen-bond acceptors (Lipinski definition) is 4. The fourth-order valence-electron chi connectivity index (χ4n) is 8.04. The van der Waals surface area contributed by atoms with Crippen molar-refractivity contribution in [3.05, 3.63) is 194 Å². The van der Waals surface area contributed by atoms with E-state index in [4.69, 9.17) is 14.4 Å². The third-order valence-electron chi connectivity index (χ3n) is 10.8. The minimum atomic E-state index is 0.677. The molecule has 0 radical (unpaired) electrons. The fraction of sp³-hybridized carbons (Fsp3) is 0. The van der Waals surface area contributed by atoms with Crippen molar-refractivity contribution in [2.24, 2.45) is 0 Å². The molecule has 0 aliphatic heterocycles. The van der Waals surface area contributed by atoms with E-state index in [2.05, 4.69) is 176 Å². The summed E-state index contributed by atoms with van der Waals surface area (Å²) in [5.41, 5.74) is 13.3. The van der Waals surface area contributed by atoms with Gasteiger partial charge in [0.1, 0.15) is 11.2 Å². The lowest BCUT2D eigenvalue weighted by atomic mass is 9.93. The smallest absolute Gasteiger partial charge is 0.160 e. The highest BCUT2D eigenvalue weighted by Gasteiger charge is 2.19. The molecule has 4 heteroatoms. The topological polar surface area (TPSA) is 38.9 Å². The maximum Gasteiger partial charge on any atom is 0.160 e. The zero-order chi connectivity index (χ0) is 37.0. The Morgan fingerprint density at radius 1 is 0.357 bits per heavy atom. The zero-order valence-corrected chi connectivity index (χ0v) is 31.0. The number of fused-ring (bicyclic) bond motifs is 6. The first-order valence-corrected chi connectivity index (χ1v) is 19.6. The predicted octanol–water partition coefficient (Wildman–Crippen LogP) is 14.7. The molecule has 0 saturated carbocycles. The number of benzene rings is 8. The van der Waals surface area contributed by atoms with Crippen molar-refractivity contribution in [3.8, 4) is 67.3 Å². The van der Waals surface area contributed by atoms with Gasteiger partial charge in [-0.1, -0.05) is 158 Å². The van der Waals surface area contributed by atoms with E-state index in [-0.39, 0.29) is 0 Å². The maximum absolute atomic E-state index is 6.71. The molecule has 0 aliphatic rings. The fourth-order valence-corrected chi connectivity index (χ4v) is 9.12. The summed E-state index contributed by atoms with van der Waals surface area (Å²) in [6.45, 7) is 0. The first kappa shape index (κ1) is 32.3. The molecule has 3 aromatic heterocycles. The molecule has 11 rings (SSSR count). The van der Waals surface area contributed by atoms with Crippen LogP contribution in [-0.4, -0.2) is 9.97 Å². The Bertz CT molecular complexity index is 3240. The highest BCUT2D eigenvalue weighted by atomic mass is 32.1. The van der Waals surface area contributed by atoms with Crippen LogP contribution in [0.3, 0.4) is 0 Å². The molecule has 0 N–H and O–H groups in total. The Hall–Kier alpha value is -7.14. The molecule has 56 heavy (non-hydrogen) atoms. The van der Waals surface area contributed by atoms with Gasteiger partial charge in [-0.3, -0.25) is 0 Å². The maximum atomic E-state index is 6.71. The molecule has 3 heterocycles. The molecule has 0 amide bonds. The molecule has 0 unspecified atom stereocenters. The number of thiophene rings is 1. The molecule has 0 spiro atoms. The van der Waals surface area contributed by atoms with Crippen molar-refractivity contribution >= 4 is 53.4 Å². The SMILES string of the molecule is c1ccc(-c2cc(-c3ccccc3-c3ccccc3)nc(-c3ccc(-c4ccc(-c5ccc6sc7ccccc7c6c5)c5c4oc4ccccc45)cc3)n2)cc1. The molecule has 0 aliphatic carbocycles. The summed E-state index contributed by atoms with van der Waals surface area (Å²) in [5.74, 6) is 0.677. The Morgan fingerprint density at radius 2 is 0.946 bits per heavy atom. The Labute approximate surface area is 327 Å². The average Bonchev–Trinajstić information content (AvgIpc) is 3.85. The van der Waals surface area contributed by atoms with Crippen molar-refractivity contribution in [1.82, 2.24) is 9.97 Å². The van der Waals surface area contributed by atoms with E-state index in [1.165, 1.54) is 25.7 Å². The summed E-state index contributed by atoms with van der Waals surface area (Å²) >= 11 is 1.84. The van der Waals surface area contributed by atoms with Crippen LogP contribution < -0.4 is 0 Å². The molecule has 0 saturated heterocycles. The minimum Gasteiger partial charge on any atom is -0.455 e. The van der Waals surface area contributed by atoms with E-state index in [1.807, 2.05) is 29.5 Å². The lowest BCUT2D eigenvalue weighted by Gasteiger charge is -2.13. The first-order chi connectivity index (χ1) is 27.7. The van der Waals surface area contributed by atoms with Gasteiger partial charge in [0.2, 0.25) is 0 Å². The van der Waals surface area contributed by atoms with E-state index in [1.54, 1.807) is 0 Å². The van der Waals surface area contributed by atoms with E-state index >= 15 is 0 Å². The second-order valence-corrected chi connectivity index (χ2v) is 15.2. The van der Waals surface area contributed by atoms with Crippen molar-refractivity contribution in [2.75, 3.05) is 0 Å². The van der Waals surface area contributed by atoms with Gasteiger partial charge >= 0.3 is 0 Å². The second-order valence-electron chi connectivity index (χ2n) is 14.1. The first-order valence-electron chi connectivity index (χ1n) is 18.8. The van der Waals surface area contributed by atoms with E-state index in [0.29, 0.717) is 5.82 Å². The van der Waals surface area contributed by atoms with Crippen LogP contribution in [0, 0.1) is 0 Å². The standard InChI is InChI=1S/C52H32N2OS/c1-3-13-33(14-4-1)38-17-7-8-18-41(38)46-32-45(35-15-5-2-6-16-35)53-52(54-46)36-25-23-34(24-26-36)40-29-28-39(50-43-20-9-11-21-47(43)55-51(40)50)37-27-30-49-44(31-37)42-19-10-12-22-48(42)56-49/h1-32H. The van der Waals surface area contributed by atoms with Gasteiger partial charge in [0.05, 0.1) is 11.4 Å². The quantitative estimate of drug-likeness (QED) is 0.171. The second kappa shape index (κ2) is 13.3. The van der Waals surface area contributed by atoms with Crippen LogP contribution in [0.4, 0.5) is 0 Å². The van der Waals surface area contributed by atoms with Crippen LogP contribution in [0.1, 0.15) is 0 Å². The number of furan rings is 1. The summed E-state index contributed by atoms with van der Waals surface area (Å²) in [6.07, 6.45) is 0. The zero-order valence-electron chi connectivity index (χ0n) is 30.2. The lowest BCUT2D eigenvalue weighted by molar-refractivity contribution is 0.670. The summed E-state index contributed by atoms with van der Waals surface area (Å²) in [4.78, 5) is 10.4. The normalized spacial score (nSPS) is 11.6. The van der Waals surface area contributed by atoms with Gasteiger partial charge < -0.3 is 4.42 Å². The Morgan fingerprint density at radius 3 is 1.77 bits per heavy atom. The van der Waals surface area contributed by atoms with Crippen molar-refractivity contribution in [1.29, 1.82) is 0 Å². The highest BCUT2D eigenvalue weighted by Crippen LogP contribution is 2.44. The van der Waals surface area contributed by atoms with Gasteiger partial charge in [-0.25, -0.2) is 9.97 Å². The molecular weight excluding hydrogens is 701 g/mol. The molecule has 0 atom stereocenters. The Balaban J connectivity index is 1.03. The monoisotopic (exact) mass is 732 g/mol. The summed E-state index contributed by atoms with van der Waals surface area (Å²) in [7, 11) is 0. The van der Waals surface area contributed by atoms with Gasteiger partial charge in [0.25, 0.3) is 0 Å². The molecular formula is C52H32N2OS. The number of para-hydroxylation sites is 1. The van der Waals surface area contributed by atoms with Crippen molar-refractivity contribution < 1.29 is 4.42 Å². The largest absolute Gasteiger partial charge is 0.455 e. The van der Waals surface area contributed by atoms with E-state index in [0.717, 1.165) is 77.8 Å². The number of nitrogens with zero attached hydrogens (tertiary/aromatic N) is 2. The third kappa shape index (κ3) is 5.50. The summed E-state index contributed by atoms with van der Waals surface area (Å²) in [6, 6.07) is 68.3. The van der Waals surface area contributed by atoms with Crippen molar-refractivity contribution in [3.63, 3.8) is 0 Å². The number of aromatic nitrogens is 2. The van der Waals surface area contributed by atoms with Crippen LogP contribution in [0.5, 0.6) is 0 Å². The van der Waals surface area contributed by atoms with Crippen molar-refractivity contribution in [2.45, 2.75) is 0 Å². The Kier molecular flexibility index (Phi) is 7.68. The molecule has 11 aromatic rings. The van der Waals surface area contributed by atoms with Gasteiger partial charge in [0.15, 0.2) is 5.82 Å². The van der Waals surface area contributed by atoms with Crippen LogP contribution in [0.25, 0.3) is 109 Å². The average molecular weight is 733 g/mol. The van der Waals surface area contributed by atoms with Gasteiger partial charge in [-0.15, -0.1) is 11.3 Å². The van der Waals surface area contributed by atoms with E-state index in [9.17, 15) is 0 Å². The molecule has 0 bridgehead atoms. The van der Waals surface area contributed by atoms with Gasteiger partial charge in [-0.2, -0.15) is 0 Å².